The molecule has 2 N–H and O–H groups in total. The Balaban J connectivity index is 2.13. The minimum atomic E-state index is -1.58. The van der Waals surface area contributed by atoms with Crippen molar-refractivity contribution < 1.29 is 19.7 Å². The third kappa shape index (κ3) is 4.30. The molecule has 0 aliphatic heterocycles. The highest BCUT2D eigenvalue weighted by Gasteiger charge is 2.15. The van der Waals surface area contributed by atoms with Crippen molar-refractivity contribution in [2.45, 2.75) is 26.0 Å². The maximum atomic E-state index is 12.7. The van der Waals surface area contributed by atoms with Crippen LogP contribution in [0.25, 0.3) is 10.9 Å². The summed E-state index contributed by atoms with van der Waals surface area (Å²) in [5, 5.41) is 19.8. The van der Waals surface area contributed by atoms with Crippen molar-refractivity contribution in [1.29, 1.82) is 0 Å². The van der Waals surface area contributed by atoms with Gasteiger partial charge in [-0.2, -0.15) is 0 Å². The van der Waals surface area contributed by atoms with Crippen LogP contribution >= 0.6 is 23.2 Å². The van der Waals surface area contributed by atoms with Gasteiger partial charge in [0, 0.05) is 11.9 Å². The van der Waals surface area contributed by atoms with Gasteiger partial charge in [0.25, 0.3) is 0 Å². The van der Waals surface area contributed by atoms with Crippen molar-refractivity contribution in [3.63, 3.8) is 0 Å². The van der Waals surface area contributed by atoms with E-state index in [4.69, 9.17) is 28.3 Å². The highest BCUT2D eigenvalue weighted by Crippen LogP contribution is 2.28. The average Bonchev–Trinajstić information content (AvgIpc) is 2.62. The van der Waals surface area contributed by atoms with Gasteiger partial charge in [0.1, 0.15) is 0 Å². The molecule has 6 nitrogen and oxygen atoms in total. The molecular weight excluding hydrogens is 405 g/mol. The van der Waals surface area contributed by atoms with Gasteiger partial charge in [-0.05, 0) is 42.7 Å². The number of aromatic nitrogens is 1. The van der Waals surface area contributed by atoms with E-state index in [0.717, 1.165) is 11.1 Å². The Morgan fingerprint density at radius 2 is 2.00 bits per heavy atom. The highest BCUT2D eigenvalue weighted by atomic mass is 35.5. The fourth-order valence-corrected chi connectivity index (χ4v) is 3.42. The number of hydrogen-bond acceptors (Lipinski definition) is 4. The Bertz CT molecular complexity index is 1110. The van der Waals surface area contributed by atoms with E-state index in [1.807, 2.05) is 12.1 Å². The van der Waals surface area contributed by atoms with Gasteiger partial charge in [-0.15, -0.1) is 0 Å². The second-order valence-corrected chi connectivity index (χ2v) is 7.22. The third-order valence-corrected chi connectivity index (χ3v) is 5.05. The molecule has 1 aromatic heterocycles. The van der Waals surface area contributed by atoms with Crippen molar-refractivity contribution in [2.75, 3.05) is 0 Å². The molecule has 28 heavy (non-hydrogen) atoms. The maximum Gasteiger partial charge on any atom is 0.511 e. The van der Waals surface area contributed by atoms with Crippen LogP contribution in [0.15, 0.2) is 47.4 Å². The standard InChI is InChI=1S/C20H17Cl2NO5/c1-11(24)9-23-10-17(28-20(26)27)19(25)14-8-12(5-6-16(14)23)7-13-3-2-4-15(21)18(13)22/h2-6,8,10-11,24H,7,9H2,1H3,(H,26,27). The SMILES string of the molecule is CC(O)Cn1cc(OC(=O)O)c(=O)c2cc(Cc3cccc(Cl)c3Cl)ccc21. The molecule has 1 unspecified atom stereocenters. The smallest absolute Gasteiger partial charge is 0.449 e. The average molecular weight is 422 g/mol. The Labute approximate surface area is 170 Å². The van der Waals surface area contributed by atoms with Crippen molar-refractivity contribution in [3.8, 4) is 5.75 Å². The number of ether oxygens (including phenoxy) is 1. The highest BCUT2D eigenvalue weighted by molar-refractivity contribution is 6.42. The summed E-state index contributed by atoms with van der Waals surface area (Å²) in [6.45, 7) is 1.77. The van der Waals surface area contributed by atoms with Crippen LogP contribution in [0, 0.1) is 0 Å². The van der Waals surface area contributed by atoms with Gasteiger partial charge in [0.2, 0.25) is 5.43 Å². The third-order valence-electron chi connectivity index (χ3n) is 4.20. The fraction of sp³-hybridized carbons (Fsp3) is 0.200. The molecule has 0 bridgehead atoms. The van der Waals surface area contributed by atoms with E-state index in [-0.39, 0.29) is 17.7 Å². The molecule has 0 fully saturated rings. The van der Waals surface area contributed by atoms with Gasteiger partial charge in [0.05, 0.1) is 27.9 Å². The van der Waals surface area contributed by atoms with E-state index in [1.54, 1.807) is 35.8 Å². The molecule has 3 aromatic rings. The van der Waals surface area contributed by atoms with Gasteiger partial charge >= 0.3 is 6.16 Å². The number of aliphatic hydroxyl groups excluding tert-OH is 1. The van der Waals surface area contributed by atoms with E-state index in [2.05, 4.69) is 4.74 Å². The first-order chi connectivity index (χ1) is 13.3. The summed E-state index contributed by atoms with van der Waals surface area (Å²) >= 11 is 12.3. The molecule has 8 heteroatoms. The molecule has 0 aliphatic carbocycles. The summed E-state index contributed by atoms with van der Waals surface area (Å²) in [4.78, 5) is 23.6. The normalized spacial score (nSPS) is 12.1. The number of rotatable bonds is 5. The van der Waals surface area contributed by atoms with Crippen LogP contribution in [0.1, 0.15) is 18.1 Å². The van der Waals surface area contributed by atoms with Crippen molar-refractivity contribution >= 4 is 40.3 Å². The molecule has 1 atom stereocenters. The molecule has 3 rings (SSSR count). The first-order valence-corrected chi connectivity index (χ1v) is 9.19. The zero-order valence-electron chi connectivity index (χ0n) is 14.9. The van der Waals surface area contributed by atoms with Gasteiger partial charge in [-0.25, -0.2) is 4.79 Å². The number of carboxylic acid groups (broad SMARTS) is 1. The molecule has 0 amide bonds. The number of pyridine rings is 1. The Morgan fingerprint density at radius 3 is 2.68 bits per heavy atom. The van der Waals surface area contributed by atoms with E-state index in [0.29, 0.717) is 22.0 Å². The molecule has 146 valence electrons. The number of nitrogens with zero attached hydrogens (tertiary/aromatic N) is 1. The molecule has 0 saturated carbocycles. The van der Waals surface area contributed by atoms with Crippen LogP contribution in [-0.2, 0) is 13.0 Å². The van der Waals surface area contributed by atoms with Crippen molar-refractivity contribution in [3.05, 3.63) is 74.0 Å². The van der Waals surface area contributed by atoms with Crippen LogP contribution in [0.2, 0.25) is 10.0 Å². The molecular formula is C20H17Cl2NO5. The number of hydrogen-bond donors (Lipinski definition) is 2. The monoisotopic (exact) mass is 421 g/mol. The summed E-state index contributed by atoms with van der Waals surface area (Å²) in [5.74, 6) is -0.321. The van der Waals surface area contributed by atoms with Crippen LogP contribution in [0.3, 0.4) is 0 Å². The minimum Gasteiger partial charge on any atom is -0.449 e. The molecule has 0 spiro atoms. The lowest BCUT2D eigenvalue weighted by molar-refractivity contribution is 0.143. The molecule has 1 heterocycles. The zero-order chi connectivity index (χ0) is 20.4. The summed E-state index contributed by atoms with van der Waals surface area (Å²) in [5.41, 5.74) is 1.61. The predicted molar refractivity (Wildman–Crippen MR) is 108 cm³/mol. The lowest BCUT2D eigenvalue weighted by atomic mass is 10.0. The summed E-state index contributed by atoms with van der Waals surface area (Å²) in [7, 11) is 0. The number of fused-ring (bicyclic) bond motifs is 1. The van der Waals surface area contributed by atoms with Gasteiger partial charge in [-0.1, -0.05) is 41.4 Å². The second kappa shape index (κ2) is 8.22. The Kier molecular flexibility index (Phi) is 5.93. The summed E-state index contributed by atoms with van der Waals surface area (Å²) in [6, 6.07) is 10.6. The molecule has 2 aromatic carbocycles. The van der Waals surface area contributed by atoms with Crippen LogP contribution < -0.4 is 10.2 Å². The predicted octanol–water partition coefficient (Wildman–Crippen LogP) is 4.34. The zero-order valence-corrected chi connectivity index (χ0v) is 16.4. The lowest BCUT2D eigenvalue weighted by Gasteiger charge is -2.15. The Morgan fingerprint density at radius 1 is 1.25 bits per heavy atom. The largest absolute Gasteiger partial charge is 0.511 e. The summed E-state index contributed by atoms with van der Waals surface area (Å²) in [6.07, 6.45) is -0.552. The fourth-order valence-electron chi connectivity index (χ4n) is 3.04. The molecule has 0 aliphatic rings. The topological polar surface area (TPSA) is 88.8 Å². The lowest BCUT2D eigenvalue weighted by Crippen LogP contribution is -2.19. The van der Waals surface area contributed by atoms with Crippen LogP contribution in [0.4, 0.5) is 4.79 Å². The first kappa shape index (κ1) is 20.2. The molecule has 0 saturated heterocycles. The number of carbonyl (C=O) groups is 1. The quantitative estimate of drug-likeness (QED) is 0.598. The van der Waals surface area contributed by atoms with E-state index in [9.17, 15) is 14.7 Å². The van der Waals surface area contributed by atoms with E-state index >= 15 is 0 Å². The number of benzene rings is 2. The summed E-state index contributed by atoms with van der Waals surface area (Å²) < 4.78 is 6.22. The first-order valence-electron chi connectivity index (χ1n) is 8.44. The maximum absolute atomic E-state index is 12.7. The number of halogens is 2. The second-order valence-electron chi connectivity index (χ2n) is 6.43. The van der Waals surface area contributed by atoms with Gasteiger partial charge < -0.3 is 19.5 Å². The van der Waals surface area contributed by atoms with E-state index < -0.39 is 17.7 Å². The van der Waals surface area contributed by atoms with Crippen molar-refractivity contribution in [1.82, 2.24) is 4.57 Å². The van der Waals surface area contributed by atoms with Crippen molar-refractivity contribution in [2.24, 2.45) is 0 Å². The van der Waals surface area contributed by atoms with E-state index in [1.165, 1.54) is 6.20 Å². The minimum absolute atomic E-state index is 0.173. The van der Waals surface area contributed by atoms with Gasteiger partial charge in [0.15, 0.2) is 5.75 Å². The Hall–Kier alpha value is -2.54. The number of aliphatic hydroxyl groups is 1. The van der Waals surface area contributed by atoms with Gasteiger partial charge in [-0.3, -0.25) is 4.79 Å². The van der Waals surface area contributed by atoms with Crippen LogP contribution in [0.5, 0.6) is 5.75 Å². The molecule has 0 radical (unpaired) electrons. The van der Waals surface area contributed by atoms with Crippen LogP contribution in [-0.4, -0.2) is 27.0 Å².